The summed E-state index contributed by atoms with van der Waals surface area (Å²) in [7, 11) is 0. The molecule has 25 heavy (non-hydrogen) atoms. The van der Waals surface area contributed by atoms with Gasteiger partial charge in [-0.2, -0.15) is 0 Å². The van der Waals surface area contributed by atoms with Crippen molar-refractivity contribution >= 4 is 11.9 Å². The second-order valence-electron chi connectivity index (χ2n) is 6.06. The van der Waals surface area contributed by atoms with E-state index in [1.807, 2.05) is 26.0 Å². The van der Waals surface area contributed by atoms with Crippen molar-refractivity contribution in [2.45, 2.75) is 39.8 Å². The molecular formula is C19H22N2O4. The van der Waals surface area contributed by atoms with Gasteiger partial charge in [0.2, 0.25) is 0 Å². The fourth-order valence-corrected chi connectivity index (χ4v) is 2.57. The predicted molar refractivity (Wildman–Crippen MR) is 93.7 cm³/mol. The zero-order chi connectivity index (χ0) is 18.4. The summed E-state index contributed by atoms with van der Waals surface area (Å²) in [5, 5.41) is 11.5. The van der Waals surface area contributed by atoms with Gasteiger partial charge in [-0.15, -0.1) is 0 Å². The number of rotatable bonds is 7. The zero-order valence-electron chi connectivity index (χ0n) is 14.6. The fourth-order valence-electron chi connectivity index (χ4n) is 2.57. The molecule has 0 radical (unpaired) electrons. The molecule has 0 spiro atoms. The van der Waals surface area contributed by atoms with Gasteiger partial charge in [0.25, 0.3) is 5.91 Å². The third-order valence-electron chi connectivity index (χ3n) is 3.69. The highest BCUT2D eigenvalue weighted by atomic mass is 16.5. The van der Waals surface area contributed by atoms with Crippen LogP contribution in [0, 0.1) is 13.8 Å². The van der Waals surface area contributed by atoms with E-state index >= 15 is 0 Å². The highest BCUT2D eigenvalue weighted by molar-refractivity contribution is 5.95. The number of aliphatic carboxylic acids is 1. The van der Waals surface area contributed by atoms with E-state index in [-0.39, 0.29) is 12.3 Å². The van der Waals surface area contributed by atoms with E-state index in [1.165, 1.54) is 0 Å². The smallest absolute Gasteiger partial charge is 0.305 e. The van der Waals surface area contributed by atoms with Gasteiger partial charge >= 0.3 is 5.97 Å². The lowest BCUT2D eigenvalue weighted by molar-refractivity contribution is -0.137. The highest BCUT2D eigenvalue weighted by Crippen LogP contribution is 2.26. The van der Waals surface area contributed by atoms with Gasteiger partial charge in [0.05, 0.1) is 6.42 Å². The van der Waals surface area contributed by atoms with Crippen molar-refractivity contribution in [3.8, 4) is 5.75 Å². The third kappa shape index (κ3) is 5.31. The van der Waals surface area contributed by atoms with Gasteiger partial charge in [0.1, 0.15) is 12.4 Å². The van der Waals surface area contributed by atoms with E-state index in [0.29, 0.717) is 12.2 Å². The molecule has 1 unspecified atom stereocenters. The first-order chi connectivity index (χ1) is 11.9. The van der Waals surface area contributed by atoms with Gasteiger partial charge in [0.15, 0.2) is 0 Å². The number of carboxylic acid groups (broad SMARTS) is 1. The van der Waals surface area contributed by atoms with Crippen LogP contribution >= 0.6 is 0 Å². The third-order valence-corrected chi connectivity index (χ3v) is 3.69. The van der Waals surface area contributed by atoms with Crippen LogP contribution in [0.4, 0.5) is 0 Å². The lowest BCUT2D eigenvalue weighted by atomic mass is 10.0. The van der Waals surface area contributed by atoms with Crippen LogP contribution in [0.3, 0.4) is 0 Å². The first-order valence-corrected chi connectivity index (χ1v) is 8.02. The number of benzene rings is 1. The Balaban J connectivity index is 2.08. The number of nitrogens with one attached hydrogen (secondary N) is 1. The van der Waals surface area contributed by atoms with E-state index in [2.05, 4.69) is 10.3 Å². The number of hydrogen-bond acceptors (Lipinski definition) is 4. The number of hydrogen-bond donors (Lipinski definition) is 2. The molecule has 1 amide bonds. The molecule has 0 aliphatic heterocycles. The average molecular weight is 342 g/mol. The quantitative estimate of drug-likeness (QED) is 0.808. The van der Waals surface area contributed by atoms with Gasteiger partial charge in [-0.05, 0) is 50.1 Å². The average Bonchev–Trinajstić information content (AvgIpc) is 2.54. The largest absolute Gasteiger partial charge is 0.488 e. The van der Waals surface area contributed by atoms with E-state index in [0.717, 1.165) is 22.4 Å². The minimum absolute atomic E-state index is 0.115. The number of carbonyl (C=O) groups excluding carboxylic acids is 1. The maximum absolute atomic E-state index is 12.3. The summed E-state index contributed by atoms with van der Waals surface area (Å²) in [6.45, 7) is 5.82. The molecule has 2 aromatic rings. The SMILES string of the molecule is Cc1cc(C(=O)NC(C)CC(=O)O)cc(C)c1OCc1cccnc1. The number of ether oxygens (including phenoxy) is 1. The van der Waals surface area contributed by atoms with Crippen LogP contribution in [-0.2, 0) is 11.4 Å². The van der Waals surface area contributed by atoms with E-state index in [4.69, 9.17) is 9.84 Å². The van der Waals surface area contributed by atoms with Crippen molar-refractivity contribution in [3.05, 3.63) is 58.9 Å². The first-order valence-electron chi connectivity index (χ1n) is 8.02. The topological polar surface area (TPSA) is 88.5 Å². The summed E-state index contributed by atoms with van der Waals surface area (Å²) in [5.41, 5.74) is 3.14. The van der Waals surface area contributed by atoms with Crippen LogP contribution in [0.25, 0.3) is 0 Å². The molecule has 2 rings (SSSR count). The number of aryl methyl sites for hydroxylation is 2. The lowest BCUT2D eigenvalue weighted by Crippen LogP contribution is -2.34. The van der Waals surface area contributed by atoms with Crippen molar-refractivity contribution in [2.24, 2.45) is 0 Å². The molecule has 0 aliphatic rings. The summed E-state index contributed by atoms with van der Waals surface area (Å²) in [4.78, 5) is 27.0. The predicted octanol–water partition coefficient (Wildman–Crippen LogP) is 2.87. The zero-order valence-corrected chi connectivity index (χ0v) is 14.6. The van der Waals surface area contributed by atoms with E-state index in [9.17, 15) is 9.59 Å². The Labute approximate surface area is 146 Å². The molecule has 1 aromatic heterocycles. The minimum Gasteiger partial charge on any atom is -0.488 e. The normalized spacial score (nSPS) is 11.6. The first kappa shape index (κ1) is 18.4. The summed E-state index contributed by atoms with van der Waals surface area (Å²) in [5.74, 6) is -0.503. The molecule has 6 nitrogen and oxygen atoms in total. The van der Waals surface area contributed by atoms with Crippen LogP contribution in [0.5, 0.6) is 5.75 Å². The van der Waals surface area contributed by atoms with Crippen molar-refractivity contribution < 1.29 is 19.4 Å². The molecule has 0 saturated carbocycles. The van der Waals surface area contributed by atoms with Gasteiger partial charge in [0, 0.05) is 29.6 Å². The fraction of sp³-hybridized carbons (Fsp3) is 0.316. The second-order valence-corrected chi connectivity index (χ2v) is 6.06. The monoisotopic (exact) mass is 342 g/mol. The summed E-state index contributed by atoms with van der Waals surface area (Å²) in [6.07, 6.45) is 3.34. The van der Waals surface area contributed by atoms with Crippen LogP contribution in [0.1, 0.15) is 40.4 Å². The molecule has 0 bridgehead atoms. The number of nitrogens with zero attached hydrogens (tertiary/aromatic N) is 1. The Kier molecular flexibility index (Phi) is 6.11. The maximum Gasteiger partial charge on any atom is 0.305 e. The standard InChI is InChI=1S/C19H22N2O4/c1-12-7-16(19(24)21-14(3)9-17(22)23)8-13(2)18(12)25-11-15-5-4-6-20-10-15/h4-8,10,14H,9,11H2,1-3H3,(H,21,24)(H,22,23). The summed E-state index contributed by atoms with van der Waals surface area (Å²) < 4.78 is 5.87. The van der Waals surface area contributed by atoms with Crippen LogP contribution < -0.4 is 10.1 Å². The Hall–Kier alpha value is -2.89. The van der Waals surface area contributed by atoms with Crippen molar-refractivity contribution in [2.75, 3.05) is 0 Å². The molecular weight excluding hydrogens is 320 g/mol. The second kappa shape index (κ2) is 8.28. The summed E-state index contributed by atoms with van der Waals surface area (Å²) >= 11 is 0. The van der Waals surface area contributed by atoms with Gasteiger partial charge in [-0.1, -0.05) is 6.07 Å². The van der Waals surface area contributed by atoms with Crippen LogP contribution in [0.15, 0.2) is 36.7 Å². The lowest BCUT2D eigenvalue weighted by Gasteiger charge is -2.16. The number of pyridine rings is 1. The highest BCUT2D eigenvalue weighted by Gasteiger charge is 2.15. The Morgan fingerprint density at radius 2 is 1.96 bits per heavy atom. The Bertz CT molecular complexity index is 736. The number of amides is 1. The Morgan fingerprint density at radius 1 is 1.28 bits per heavy atom. The van der Waals surface area contributed by atoms with Gasteiger partial charge < -0.3 is 15.2 Å². The Morgan fingerprint density at radius 3 is 2.52 bits per heavy atom. The number of carbonyl (C=O) groups is 2. The molecule has 0 aliphatic carbocycles. The van der Waals surface area contributed by atoms with Gasteiger partial charge in [-0.25, -0.2) is 0 Å². The minimum atomic E-state index is -0.945. The summed E-state index contributed by atoms with van der Waals surface area (Å²) in [6, 6.07) is 6.84. The molecule has 6 heteroatoms. The number of aromatic nitrogens is 1. The molecule has 0 fully saturated rings. The van der Waals surface area contributed by atoms with Crippen molar-refractivity contribution in [1.82, 2.24) is 10.3 Å². The van der Waals surface area contributed by atoms with E-state index < -0.39 is 12.0 Å². The van der Waals surface area contributed by atoms with Crippen molar-refractivity contribution in [3.63, 3.8) is 0 Å². The van der Waals surface area contributed by atoms with Crippen molar-refractivity contribution in [1.29, 1.82) is 0 Å². The molecule has 2 N–H and O–H groups in total. The van der Waals surface area contributed by atoms with E-state index in [1.54, 1.807) is 31.5 Å². The molecule has 1 heterocycles. The molecule has 1 atom stereocenters. The number of carboxylic acids is 1. The van der Waals surface area contributed by atoms with Crippen LogP contribution in [0.2, 0.25) is 0 Å². The van der Waals surface area contributed by atoms with Crippen LogP contribution in [-0.4, -0.2) is 28.0 Å². The molecule has 1 aromatic carbocycles. The molecule has 132 valence electrons. The van der Waals surface area contributed by atoms with Gasteiger partial charge in [-0.3, -0.25) is 14.6 Å². The molecule has 0 saturated heterocycles. The maximum atomic E-state index is 12.3.